The van der Waals surface area contributed by atoms with Gasteiger partial charge in [-0.15, -0.1) is 0 Å². The Kier molecular flexibility index (Phi) is 4.89. The second kappa shape index (κ2) is 7.51. The van der Waals surface area contributed by atoms with Crippen LogP contribution in [0.3, 0.4) is 0 Å². The molecule has 0 spiro atoms. The van der Waals surface area contributed by atoms with Crippen LogP contribution >= 0.6 is 0 Å². The fourth-order valence-corrected chi connectivity index (χ4v) is 3.85. The SMILES string of the molecule is CCc1cccc(S(C)(=O)=O)c1Oc1ccc2ncnc(Nc3ccn[nH]3)c2c1. The molecule has 29 heavy (non-hydrogen) atoms. The Bertz CT molecular complexity index is 1270. The van der Waals surface area contributed by atoms with Gasteiger partial charge in [0.15, 0.2) is 9.84 Å². The number of hydrogen-bond donors (Lipinski definition) is 2. The van der Waals surface area contributed by atoms with Gasteiger partial charge >= 0.3 is 0 Å². The maximum absolute atomic E-state index is 12.2. The average molecular weight is 409 g/mol. The van der Waals surface area contributed by atoms with Crippen molar-refractivity contribution in [1.82, 2.24) is 20.2 Å². The number of aryl methyl sites for hydroxylation is 1. The monoisotopic (exact) mass is 409 g/mol. The van der Waals surface area contributed by atoms with Gasteiger partial charge in [0.2, 0.25) is 0 Å². The third-order valence-corrected chi connectivity index (χ3v) is 5.54. The lowest BCUT2D eigenvalue weighted by molar-refractivity contribution is 0.462. The first-order valence-electron chi connectivity index (χ1n) is 8.96. The molecule has 4 rings (SSSR count). The number of anilines is 2. The van der Waals surface area contributed by atoms with Gasteiger partial charge in [-0.25, -0.2) is 18.4 Å². The highest BCUT2D eigenvalue weighted by atomic mass is 32.2. The maximum Gasteiger partial charge on any atom is 0.179 e. The van der Waals surface area contributed by atoms with Gasteiger partial charge in [0, 0.05) is 17.7 Å². The molecule has 0 saturated carbocycles. The van der Waals surface area contributed by atoms with Gasteiger partial charge < -0.3 is 10.1 Å². The van der Waals surface area contributed by atoms with Crippen molar-refractivity contribution in [2.24, 2.45) is 0 Å². The van der Waals surface area contributed by atoms with E-state index in [-0.39, 0.29) is 4.90 Å². The first kappa shape index (κ1) is 18.9. The predicted molar refractivity (Wildman–Crippen MR) is 110 cm³/mol. The fourth-order valence-electron chi connectivity index (χ4n) is 3.02. The van der Waals surface area contributed by atoms with E-state index in [4.69, 9.17) is 4.74 Å². The molecular weight excluding hydrogens is 390 g/mol. The van der Waals surface area contributed by atoms with Gasteiger partial charge in [0.1, 0.15) is 34.4 Å². The van der Waals surface area contributed by atoms with Crippen LogP contribution in [-0.4, -0.2) is 34.8 Å². The van der Waals surface area contributed by atoms with Crippen molar-refractivity contribution < 1.29 is 13.2 Å². The molecule has 0 bridgehead atoms. The molecule has 4 aromatic rings. The fraction of sp³-hybridized carbons (Fsp3) is 0.150. The van der Waals surface area contributed by atoms with Crippen molar-refractivity contribution in [3.8, 4) is 11.5 Å². The molecule has 0 saturated heterocycles. The van der Waals surface area contributed by atoms with Gasteiger partial charge in [-0.05, 0) is 36.2 Å². The van der Waals surface area contributed by atoms with Gasteiger partial charge in [-0.1, -0.05) is 19.1 Å². The zero-order valence-corrected chi connectivity index (χ0v) is 16.7. The number of rotatable bonds is 6. The number of fused-ring (bicyclic) bond motifs is 1. The van der Waals surface area contributed by atoms with Crippen LogP contribution in [-0.2, 0) is 16.3 Å². The minimum atomic E-state index is -3.44. The van der Waals surface area contributed by atoms with E-state index in [1.165, 1.54) is 12.6 Å². The molecule has 0 aliphatic heterocycles. The summed E-state index contributed by atoms with van der Waals surface area (Å²) in [6, 6.07) is 12.3. The van der Waals surface area contributed by atoms with Crippen LogP contribution in [0.25, 0.3) is 10.9 Å². The lowest BCUT2D eigenvalue weighted by Crippen LogP contribution is -2.03. The molecule has 0 aliphatic rings. The third kappa shape index (κ3) is 3.90. The second-order valence-corrected chi connectivity index (χ2v) is 8.45. The first-order chi connectivity index (χ1) is 14.0. The largest absolute Gasteiger partial charge is 0.456 e. The van der Waals surface area contributed by atoms with Gasteiger partial charge in [-0.3, -0.25) is 5.10 Å². The van der Waals surface area contributed by atoms with Gasteiger partial charge in [0.25, 0.3) is 0 Å². The molecule has 0 unspecified atom stereocenters. The van der Waals surface area contributed by atoms with E-state index in [1.54, 1.807) is 42.6 Å². The van der Waals surface area contributed by atoms with Crippen LogP contribution in [0.15, 0.2) is 59.9 Å². The summed E-state index contributed by atoms with van der Waals surface area (Å²) < 4.78 is 30.5. The minimum absolute atomic E-state index is 0.164. The number of H-pyrrole nitrogens is 1. The summed E-state index contributed by atoms with van der Waals surface area (Å²) in [6.45, 7) is 1.95. The van der Waals surface area contributed by atoms with Crippen molar-refractivity contribution in [3.63, 3.8) is 0 Å². The maximum atomic E-state index is 12.2. The molecule has 0 radical (unpaired) electrons. The van der Waals surface area contributed by atoms with Gasteiger partial charge in [-0.2, -0.15) is 5.10 Å². The summed E-state index contributed by atoms with van der Waals surface area (Å²) in [4.78, 5) is 8.74. The van der Waals surface area contributed by atoms with Crippen LogP contribution in [0.1, 0.15) is 12.5 Å². The summed E-state index contributed by atoms with van der Waals surface area (Å²) in [5, 5.41) is 10.6. The van der Waals surface area contributed by atoms with Crippen molar-refractivity contribution in [1.29, 1.82) is 0 Å². The minimum Gasteiger partial charge on any atom is -0.456 e. The summed E-state index contributed by atoms with van der Waals surface area (Å²) in [7, 11) is -3.44. The highest BCUT2D eigenvalue weighted by Gasteiger charge is 2.18. The van der Waals surface area contributed by atoms with E-state index in [0.717, 1.165) is 16.5 Å². The molecule has 2 aromatic heterocycles. The standard InChI is InChI=1S/C20H19N5O3S/c1-3-13-5-4-6-17(29(2,26)27)19(13)28-14-7-8-16-15(11-14)20(22-12-21-16)24-18-9-10-23-25-18/h4-12H,3H2,1-2H3,(H2,21,22,23,24,25). The number of benzene rings is 2. The molecule has 0 amide bonds. The number of nitrogens with one attached hydrogen (secondary N) is 2. The molecular formula is C20H19N5O3S. The molecule has 8 nitrogen and oxygen atoms in total. The summed E-state index contributed by atoms with van der Waals surface area (Å²) in [5.74, 6) is 2.10. The van der Waals surface area contributed by atoms with Crippen LogP contribution in [0, 0.1) is 0 Å². The zero-order valence-electron chi connectivity index (χ0n) is 15.9. The van der Waals surface area contributed by atoms with E-state index < -0.39 is 9.84 Å². The lowest BCUT2D eigenvalue weighted by atomic mass is 10.1. The highest BCUT2D eigenvalue weighted by Crippen LogP contribution is 2.35. The van der Waals surface area contributed by atoms with E-state index in [9.17, 15) is 8.42 Å². The van der Waals surface area contributed by atoms with Crippen molar-refractivity contribution in [3.05, 3.63) is 60.6 Å². The van der Waals surface area contributed by atoms with Crippen LogP contribution in [0.2, 0.25) is 0 Å². The Morgan fingerprint density at radius 3 is 2.72 bits per heavy atom. The van der Waals surface area contributed by atoms with E-state index >= 15 is 0 Å². The number of ether oxygens (including phenoxy) is 1. The Morgan fingerprint density at radius 1 is 1.14 bits per heavy atom. The number of aromatic amines is 1. The second-order valence-electron chi connectivity index (χ2n) is 6.47. The molecule has 9 heteroatoms. The molecule has 0 atom stereocenters. The quantitative estimate of drug-likeness (QED) is 0.498. The van der Waals surface area contributed by atoms with Crippen molar-refractivity contribution >= 4 is 32.4 Å². The molecule has 2 aromatic carbocycles. The smallest absolute Gasteiger partial charge is 0.179 e. The normalized spacial score (nSPS) is 11.5. The number of nitrogens with zero attached hydrogens (tertiary/aromatic N) is 3. The summed E-state index contributed by atoms with van der Waals surface area (Å²) >= 11 is 0. The van der Waals surface area contributed by atoms with Crippen LogP contribution in [0.4, 0.5) is 11.6 Å². The van der Waals surface area contributed by atoms with Crippen LogP contribution < -0.4 is 10.1 Å². The topological polar surface area (TPSA) is 110 Å². The Labute approximate surface area is 167 Å². The molecule has 0 fully saturated rings. The summed E-state index contributed by atoms with van der Waals surface area (Å²) in [6.07, 6.45) is 4.92. The molecule has 2 N–H and O–H groups in total. The number of sulfone groups is 1. The third-order valence-electron chi connectivity index (χ3n) is 4.42. The average Bonchev–Trinajstić information content (AvgIpc) is 3.21. The van der Waals surface area contributed by atoms with Crippen molar-refractivity contribution in [2.75, 3.05) is 11.6 Å². The first-order valence-corrected chi connectivity index (χ1v) is 10.9. The van der Waals surface area contributed by atoms with E-state index in [0.29, 0.717) is 29.6 Å². The van der Waals surface area contributed by atoms with Crippen LogP contribution in [0.5, 0.6) is 11.5 Å². The lowest BCUT2D eigenvalue weighted by Gasteiger charge is -2.15. The summed E-state index contributed by atoms with van der Waals surface area (Å²) in [5.41, 5.74) is 1.54. The Balaban J connectivity index is 1.78. The highest BCUT2D eigenvalue weighted by molar-refractivity contribution is 7.90. The predicted octanol–water partition coefficient (Wildman–Crippen LogP) is 3.85. The molecule has 0 aliphatic carbocycles. The van der Waals surface area contributed by atoms with Crippen molar-refractivity contribution in [2.45, 2.75) is 18.2 Å². The van der Waals surface area contributed by atoms with E-state index in [2.05, 4.69) is 25.5 Å². The van der Waals surface area contributed by atoms with E-state index in [1.807, 2.05) is 13.0 Å². The zero-order chi connectivity index (χ0) is 20.4. The van der Waals surface area contributed by atoms with Gasteiger partial charge in [0.05, 0.1) is 11.7 Å². The molecule has 2 heterocycles. The molecule has 148 valence electrons. The number of para-hydroxylation sites is 1. The Hall–Kier alpha value is -3.46. The number of hydrogen-bond acceptors (Lipinski definition) is 7. The Morgan fingerprint density at radius 2 is 2.00 bits per heavy atom. The number of aromatic nitrogens is 4.